The van der Waals surface area contributed by atoms with Gasteiger partial charge < -0.3 is 20.9 Å². The maximum absolute atomic E-state index is 12.6. The number of amides is 1. The van der Waals surface area contributed by atoms with E-state index in [1.54, 1.807) is 4.90 Å². The Labute approximate surface area is 127 Å². The van der Waals surface area contributed by atoms with Crippen LogP contribution in [0.5, 0.6) is 5.75 Å². The monoisotopic (exact) mass is 311 g/mol. The summed E-state index contributed by atoms with van der Waals surface area (Å²) < 4.78 is 0. The minimum atomic E-state index is -0.240. The highest BCUT2D eigenvalue weighted by Crippen LogP contribution is 2.27. The molecule has 0 spiro atoms. The first-order valence-corrected chi connectivity index (χ1v) is 7.16. The molecule has 1 amide bonds. The minimum Gasteiger partial charge on any atom is -0.506 e. The highest BCUT2D eigenvalue weighted by Gasteiger charge is 2.28. The molecule has 4 N–H and O–H groups in total. The molecular weight excluding hydrogens is 294 g/mol. The van der Waals surface area contributed by atoms with E-state index in [2.05, 4.69) is 5.16 Å². The van der Waals surface area contributed by atoms with Crippen LogP contribution < -0.4 is 5.73 Å². The van der Waals surface area contributed by atoms with Crippen molar-refractivity contribution in [2.24, 2.45) is 10.9 Å². The van der Waals surface area contributed by atoms with E-state index in [0.717, 1.165) is 25.7 Å². The summed E-state index contributed by atoms with van der Waals surface area (Å²) in [5, 5.41) is 21.2. The second-order valence-electron chi connectivity index (χ2n) is 5.13. The van der Waals surface area contributed by atoms with Crippen LogP contribution in [0.2, 0.25) is 5.02 Å². The third-order valence-corrected chi connectivity index (χ3v) is 3.98. The molecule has 0 heterocycles. The van der Waals surface area contributed by atoms with Crippen LogP contribution in [0.25, 0.3) is 0 Å². The number of hydrogen-bond donors (Lipinski definition) is 3. The number of phenolic OH excluding ortho intramolecular Hbond substituents is 1. The molecule has 1 aliphatic rings. The van der Waals surface area contributed by atoms with Crippen molar-refractivity contribution >= 4 is 23.3 Å². The number of amidine groups is 1. The zero-order valence-corrected chi connectivity index (χ0v) is 12.3. The topological polar surface area (TPSA) is 99.2 Å². The Balaban J connectivity index is 2.25. The zero-order chi connectivity index (χ0) is 15.4. The zero-order valence-electron chi connectivity index (χ0n) is 11.5. The second kappa shape index (κ2) is 6.67. The van der Waals surface area contributed by atoms with E-state index >= 15 is 0 Å². The van der Waals surface area contributed by atoms with Gasteiger partial charge in [0.2, 0.25) is 0 Å². The maximum Gasteiger partial charge on any atom is 0.254 e. The second-order valence-corrected chi connectivity index (χ2v) is 5.54. The Morgan fingerprint density at radius 1 is 1.43 bits per heavy atom. The highest BCUT2D eigenvalue weighted by molar-refractivity contribution is 6.32. The number of rotatable bonds is 4. The van der Waals surface area contributed by atoms with Gasteiger partial charge in [-0.2, -0.15) is 0 Å². The summed E-state index contributed by atoms with van der Waals surface area (Å²) >= 11 is 5.85. The van der Waals surface area contributed by atoms with Crippen molar-refractivity contribution in [2.45, 2.75) is 31.7 Å². The molecule has 0 aliphatic heterocycles. The molecule has 0 aromatic heterocycles. The molecule has 6 nitrogen and oxygen atoms in total. The molecule has 0 saturated heterocycles. The fourth-order valence-corrected chi connectivity index (χ4v) is 2.78. The van der Waals surface area contributed by atoms with Crippen molar-refractivity contribution in [2.75, 3.05) is 6.54 Å². The van der Waals surface area contributed by atoms with Crippen LogP contribution in [0.15, 0.2) is 23.4 Å². The number of phenols is 1. The van der Waals surface area contributed by atoms with Gasteiger partial charge in [0.1, 0.15) is 5.75 Å². The van der Waals surface area contributed by atoms with Gasteiger partial charge in [-0.15, -0.1) is 0 Å². The van der Waals surface area contributed by atoms with Crippen molar-refractivity contribution < 1.29 is 15.1 Å². The number of benzene rings is 1. The molecule has 0 radical (unpaired) electrons. The van der Waals surface area contributed by atoms with Gasteiger partial charge >= 0.3 is 0 Å². The van der Waals surface area contributed by atoms with Crippen molar-refractivity contribution in [1.29, 1.82) is 0 Å². The van der Waals surface area contributed by atoms with Gasteiger partial charge in [0.15, 0.2) is 5.84 Å². The number of carbonyl (C=O) groups is 1. The maximum atomic E-state index is 12.6. The van der Waals surface area contributed by atoms with Gasteiger partial charge in [0.05, 0.1) is 11.6 Å². The van der Waals surface area contributed by atoms with Crippen molar-refractivity contribution in [3.63, 3.8) is 0 Å². The molecule has 1 aromatic carbocycles. The number of aromatic hydroxyl groups is 1. The van der Waals surface area contributed by atoms with E-state index in [9.17, 15) is 9.90 Å². The van der Waals surface area contributed by atoms with Crippen LogP contribution in [0.3, 0.4) is 0 Å². The average Bonchev–Trinajstić information content (AvgIpc) is 3.00. The van der Waals surface area contributed by atoms with Crippen LogP contribution in [0, 0.1) is 0 Å². The lowest BCUT2D eigenvalue weighted by Crippen LogP contribution is -2.44. The number of halogens is 1. The summed E-state index contributed by atoms with van der Waals surface area (Å²) in [5.41, 5.74) is 5.92. The lowest BCUT2D eigenvalue weighted by atomic mass is 10.1. The third kappa shape index (κ3) is 3.58. The summed E-state index contributed by atoms with van der Waals surface area (Å²) in [5.74, 6) is -0.326. The predicted octanol–water partition coefficient (Wildman–Crippen LogP) is 2.18. The Hall–Kier alpha value is -1.95. The Bertz CT molecular complexity index is 556. The molecule has 0 atom stereocenters. The predicted molar refractivity (Wildman–Crippen MR) is 79.8 cm³/mol. The molecule has 1 aliphatic carbocycles. The summed E-state index contributed by atoms with van der Waals surface area (Å²) in [7, 11) is 0. The van der Waals surface area contributed by atoms with E-state index in [0.29, 0.717) is 5.56 Å². The summed E-state index contributed by atoms with van der Waals surface area (Å²) in [6, 6.07) is 4.39. The van der Waals surface area contributed by atoms with Gasteiger partial charge in [-0.05, 0) is 31.0 Å². The molecule has 1 fully saturated rings. The van der Waals surface area contributed by atoms with Crippen LogP contribution in [-0.2, 0) is 0 Å². The van der Waals surface area contributed by atoms with E-state index in [1.165, 1.54) is 18.2 Å². The standard InChI is InChI=1S/C14H18ClN3O3/c15-11-7-9(5-6-12(11)19)14(20)18(8-13(16)17-21)10-3-1-2-4-10/h5-7,10,19,21H,1-4,8H2,(H2,16,17). The highest BCUT2D eigenvalue weighted by atomic mass is 35.5. The first-order chi connectivity index (χ1) is 10.0. The molecule has 1 aromatic rings. The smallest absolute Gasteiger partial charge is 0.254 e. The number of nitrogens with two attached hydrogens (primary N) is 1. The van der Waals surface area contributed by atoms with Crippen LogP contribution in [0.1, 0.15) is 36.0 Å². The Morgan fingerprint density at radius 2 is 2.10 bits per heavy atom. The van der Waals surface area contributed by atoms with Crippen molar-refractivity contribution in [1.82, 2.24) is 4.90 Å². The lowest BCUT2D eigenvalue weighted by molar-refractivity contribution is 0.0712. The quantitative estimate of drug-likeness (QED) is 0.343. The average molecular weight is 312 g/mol. The number of oxime groups is 1. The summed E-state index contributed by atoms with van der Waals surface area (Å²) in [4.78, 5) is 14.2. The van der Waals surface area contributed by atoms with Gasteiger partial charge in [-0.1, -0.05) is 29.6 Å². The summed E-state index contributed by atoms with van der Waals surface area (Å²) in [6.07, 6.45) is 3.91. The molecule has 0 unspecified atom stereocenters. The molecule has 21 heavy (non-hydrogen) atoms. The molecular formula is C14H18ClN3O3. The first kappa shape index (κ1) is 15.4. The van der Waals surface area contributed by atoms with E-state index in [-0.39, 0.29) is 35.1 Å². The van der Waals surface area contributed by atoms with E-state index < -0.39 is 0 Å². The first-order valence-electron chi connectivity index (χ1n) is 6.79. The Kier molecular flexibility index (Phi) is 4.90. The Morgan fingerprint density at radius 3 is 2.67 bits per heavy atom. The minimum absolute atomic E-state index is 0.0138. The van der Waals surface area contributed by atoms with E-state index in [4.69, 9.17) is 22.5 Å². The summed E-state index contributed by atoms with van der Waals surface area (Å²) in [6.45, 7) is 0.0680. The SMILES string of the molecule is NC(CN(C(=O)c1ccc(O)c(Cl)c1)C1CCCC1)=NO. The van der Waals surface area contributed by atoms with Gasteiger partial charge in [0.25, 0.3) is 5.91 Å². The third-order valence-electron chi connectivity index (χ3n) is 3.68. The number of carbonyl (C=O) groups excluding carboxylic acids is 1. The van der Waals surface area contributed by atoms with Crippen molar-refractivity contribution in [3.8, 4) is 5.75 Å². The molecule has 1 saturated carbocycles. The number of hydrogen-bond acceptors (Lipinski definition) is 4. The molecule has 114 valence electrons. The van der Waals surface area contributed by atoms with E-state index in [1.807, 2.05) is 0 Å². The number of nitrogens with zero attached hydrogens (tertiary/aromatic N) is 2. The van der Waals surface area contributed by atoms with Crippen LogP contribution in [0.4, 0.5) is 0 Å². The van der Waals surface area contributed by atoms with Gasteiger partial charge in [-0.25, -0.2) is 0 Å². The fourth-order valence-electron chi connectivity index (χ4n) is 2.59. The van der Waals surface area contributed by atoms with Gasteiger partial charge in [-0.3, -0.25) is 4.79 Å². The normalized spacial score (nSPS) is 16.1. The fraction of sp³-hybridized carbons (Fsp3) is 0.429. The molecule has 7 heteroatoms. The van der Waals surface area contributed by atoms with Crippen LogP contribution >= 0.6 is 11.6 Å². The van der Waals surface area contributed by atoms with Crippen LogP contribution in [-0.4, -0.2) is 39.5 Å². The van der Waals surface area contributed by atoms with Crippen molar-refractivity contribution in [3.05, 3.63) is 28.8 Å². The lowest BCUT2D eigenvalue weighted by Gasteiger charge is -2.28. The molecule has 0 bridgehead atoms. The van der Waals surface area contributed by atoms with Gasteiger partial charge in [0, 0.05) is 11.6 Å². The largest absolute Gasteiger partial charge is 0.506 e. The molecule has 2 rings (SSSR count).